The number of aryl methyl sites for hydroxylation is 1. The monoisotopic (exact) mass is 452 g/mol. The van der Waals surface area contributed by atoms with E-state index in [9.17, 15) is 5.11 Å². The van der Waals surface area contributed by atoms with Crippen LogP contribution < -0.4 is 10.2 Å². The molecule has 0 radical (unpaired) electrons. The summed E-state index contributed by atoms with van der Waals surface area (Å²) in [5.74, 6) is 1.24. The number of rotatable bonds is 4. The van der Waals surface area contributed by atoms with Gasteiger partial charge in [-0.2, -0.15) is 15.0 Å². The fourth-order valence-electron chi connectivity index (χ4n) is 3.27. The van der Waals surface area contributed by atoms with Crippen LogP contribution in [0.15, 0.2) is 30.6 Å². The van der Waals surface area contributed by atoms with E-state index < -0.39 is 0 Å². The third-order valence-electron chi connectivity index (χ3n) is 4.94. The summed E-state index contributed by atoms with van der Waals surface area (Å²) in [4.78, 5) is 8.10. The van der Waals surface area contributed by atoms with Crippen molar-refractivity contribution in [1.82, 2.24) is 35.5 Å². The SMILES string of the molecule is Cc1cnn(-c2ccc(-c3cnc(N4CCN[C@@H](C(C)C)C4)nn3)c(O)c2)n1.Cl.Cl. The molecule has 1 fully saturated rings. The molecular weight excluding hydrogens is 427 g/mol. The fraction of sp³-hybridized carbons (Fsp3) is 0.421. The Morgan fingerprint density at radius 2 is 1.97 bits per heavy atom. The third kappa shape index (κ3) is 4.97. The van der Waals surface area contributed by atoms with Crippen LogP contribution in [0.4, 0.5) is 5.95 Å². The molecule has 0 aliphatic carbocycles. The van der Waals surface area contributed by atoms with Gasteiger partial charge in [-0.15, -0.1) is 35.0 Å². The number of aromatic nitrogens is 6. The van der Waals surface area contributed by atoms with Crippen LogP contribution >= 0.6 is 24.8 Å². The van der Waals surface area contributed by atoms with E-state index >= 15 is 0 Å². The highest BCUT2D eigenvalue weighted by Crippen LogP contribution is 2.29. The molecule has 9 nitrogen and oxygen atoms in total. The van der Waals surface area contributed by atoms with Gasteiger partial charge in [0.15, 0.2) is 0 Å². The maximum absolute atomic E-state index is 10.4. The lowest BCUT2D eigenvalue weighted by Crippen LogP contribution is -2.53. The Labute approximate surface area is 187 Å². The lowest BCUT2D eigenvalue weighted by atomic mass is 10.0. The van der Waals surface area contributed by atoms with Crippen LogP contribution in [-0.4, -0.2) is 61.0 Å². The van der Waals surface area contributed by atoms with Crippen LogP contribution in [0.5, 0.6) is 5.75 Å². The molecule has 1 saturated heterocycles. The Bertz CT molecular complexity index is 963. The van der Waals surface area contributed by atoms with Gasteiger partial charge in [0.25, 0.3) is 0 Å². The van der Waals surface area contributed by atoms with E-state index in [1.54, 1.807) is 24.5 Å². The van der Waals surface area contributed by atoms with Gasteiger partial charge in [0.05, 0.1) is 23.8 Å². The minimum atomic E-state index is 0. The Kier molecular flexibility index (Phi) is 7.94. The van der Waals surface area contributed by atoms with E-state index in [1.807, 2.05) is 13.0 Å². The number of aromatic hydroxyl groups is 1. The van der Waals surface area contributed by atoms with Gasteiger partial charge in [0, 0.05) is 37.3 Å². The number of hydrogen-bond donors (Lipinski definition) is 2. The molecule has 11 heteroatoms. The summed E-state index contributed by atoms with van der Waals surface area (Å²) in [5.41, 5.74) is 2.57. The summed E-state index contributed by atoms with van der Waals surface area (Å²) in [6, 6.07) is 5.61. The molecular formula is C19H26Cl2N8O. The molecule has 1 aliphatic heterocycles. The van der Waals surface area contributed by atoms with E-state index in [-0.39, 0.29) is 30.6 Å². The van der Waals surface area contributed by atoms with Crippen LogP contribution in [0.1, 0.15) is 19.5 Å². The minimum Gasteiger partial charge on any atom is -0.507 e. The molecule has 0 bridgehead atoms. The van der Waals surface area contributed by atoms with E-state index in [0.29, 0.717) is 34.9 Å². The molecule has 1 atom stereocenters. The lowest BCUT2D eigenvalue weighted by molar-refractivity contribution is 0.365. The molecule has 30 heavy (non-hydrogen) atoms. The topological polar surface area (TPSA) is 105 Å². The zero-order chi connectivity index (χ0) is 19.7. The zero-order valence-corrected chi connectivity index (χ0v) is 18.7. The summed E-state index contributed by atoms with van der Waals surface area (Å²) in [6.45, 7) is 8.88. The standard InChI is InChI=1S/C19H24N8O.2ClH/c1-12(2)17-11-26(7-6-20-17)19-21-10-16(23-24-19)15-5-4-14(8-18(15)28)27-22-9-13(3)25-27;;/h4-5,8-10,12,17,20,28H,6-7,11H2,1-3H3;2*1H/t17-;;/m1../s1. The molecule has 0 spiro atoms. The molecule has 4 rings (SSSR count). The number of piperazine rings is 1. The summed E-state index contributed by atoms with van der Waals surface area (Å²) in [6.07, 6.45) is 3.32. The van der Waals surface area contributed by atoms with Crippen LogP contribution in [0.3, 0.4) is 0 Å². The van der Waals surface area contributed by atoms with E-state index in [1.165, 1.54) is 4.80 Å². The second-order valence-electron chi connectivity index (χ2n) is 7.37. The van der Waals surface area contributed by atoms with Gasteiger partial charge >= 0.3 is 0 Å². The third-order valence-corrected chi connectivity index (χ3v) is 4.94. The highest BCUT2D eigenvalue weighted by atomic mass is 35.5. The van der Waals surface area contributed by atoms with Gasteiger partial charge in [-0.1, -0.05) is 13.8 Å². The van der Waals surface area contributed by atoms with Gasteiger partial charge in [0.2, 0.25) is 5.95 Å². The van der Waals surface area contributed by atoms with Crippen LogP contribution in [0, 0.1) is 12.8 Å². The normalized spacial score (nSPS) is 16.1. The first-order chi connectivity index (χ1) is 13.5. The molecule has 1 aromatic carbocycles. The smallest absolute Gasteiger partial charge is 0.245 e. The van der Waals surface area contributed by atoms with Crippen molar-refractivity contribution in [3.63, 3.8) is 0 Å². The maximum Gasteiger partial charge on any atom is 0.245 e. The number of anilines is 1. The number of benzene rings is 1. The summed E-state index contributed by atoms with van der Waals surface area (Å²) >= 11 is 0. The van der Waals surface area contributed by atoms with Crippen molar-refractivity contribution in [3.8, 4) is 22.7 Å². The van der Waals surface area contributed by atoms with E-state index in [4.69, 9.17) is 0 Å². The van der Waals surface area contributed by atoms with Crippen molar-refractivity contribution in [2.24, 2.45) is 5.92 Å². The van der Waals surface area contributed by atoms with E-state index in [0.717, 1.165) is 25.3 Å². The highest BCUT2D eigenvalue weighted by molar-refractivity contribution is 5.85. The number of nitrogens with zero attached hydrogens (tertiary/aromatic N) is 7. The number of nitrogens with one attached hydrogen (secondary N) is 1. The average Bonchev–Trinajstić information content (AvgIpc) is 3.14. The summed E-state index contributed by atoms with van der Waals surface area (Å²) in [5, 5.41) is 31.0. The van der Waals surface area contributed by atoms with Crippen LogP contribution in [0.2, 0.25) is 0 Å². The van der Waals surface area contributed by atoms with Crippen molar-refractivity contribution >= 4 is 30.8 Å². The molecule has 162 valence electrons. The summed E-state index contributed by atoms with van der Waals surface area (Å²) in [7, 11) is 0. The second kappa shape index (κ2) is 10.0. The quantitative estimate of drug-likeness (QED) is 0.621. The predicted molar refractivity (Wildman–Crippen MR) is 120 cm³/mol. The first-order valence-electron chi connectivity index (χ1n) is 9.42. The van der Waals surface area contributed by atoms with Crippen molar-refractivity contribution < 1.29 is 5.11 Å². The molecule has 1 aliphatic rings. The number of phenols is 1. The zero-order valence-electron chi connectivity index (χ0n) is 17.1. The van der Waals surface area contributed by atoms with Gasteiger partial charge in [-0.25, -0.2) is 4.98 Å². The van der Waals surface area contributed by atoms with Crippen LogP contribution in [-0.2, 0) is 0 Å². The van der Waals surface area contributed by atoms with Gasteiger partial charge in [0.1, 0.15) is 11.4 Å². The highest BCUT2D eigenvalue weighted by Gasteiger charge is 2.23. The molecule has 0 unspecified atom stereocenters. The molecule has 3 aromatic rings. The molecule has 3 heterocycles. The maximum atomic E-state index is 10.4. The Morgan fingerprint density at radius 3 is 2.57 bits per heavy atom. The molecule has 0 saturated carbocycles. The Morgan fingerprint density at radius 1 is 1.17 bits per heavy atom. The van der Waals surface area contributed by atoms with Gasteiger partial charge < -0.3 is 15.3 Å². The predicted octanol–water partition coefficient (Wildman–Crippen LogP) is 2.41. The minimum absolute atomic E-state index is 0. The molecule has 2 N–H and O–H groups in total. The van der Waals surface area contributed by atoms with Crippen LogP contribution in [0.25, 0.3) is 16.9 Å². The van der Waals surface area contributed by atoms with Crippen molar-refractivity contribution in [2.75, 3.05) is 24.5 Å². The van der Waals surface area contributed by atoms with Crippen molar-refractivity contribution in [2.45, 2.75) is 26.8 Å². The average molecular weight is 453 g/mol. The van der Waals surface area contributed by atoms with Crippen molar-refractivity contribution in [1.29, 1.82) is 0 Å². The van der Waals surface area contributed by atoms with Crippen molar-refractivity contribution in [3.05, 3.63) is 36.3 Å². The first kappa shape index (κ1) is 23.8. The summed E-state index contributed by atoms with van der Waals surface area (Å²) < 4.78 is 0. The van der Waals surface area contributed by atoms with E-state index in [2.05, 4.69) is 49.4 Å². The molecule has 2 aromatic heterocycles. The first-order valence-corrected chi connectivity index (χ1v) is 9.42. The largest absolute Gasteiger partial charge is 0.507 e. The Hall–Kier alpha value is -2.49. The Balaban J connectivity index is 0.00000160. The molecule has 0 amide bonds. The number of halogens is 2. The number of hydrogen-bond acceptors (Lipinski definition) is 8. The van der Waals surface area contributed by atoms with Gasteiger partial charge in [-0.3, -0.25) is 0 Å². The second-order valence-corrected chi connectivity index (χ2v) is 7.37. The number of phenolic OH excluding ortho intramolecular Hbond substituents is 1. The lowest BCUT2D eigenvalue weighted by Gasteiger charge is -2.35. The van der Waals surface area contributed by atoms with Gasteiger partial charge in [-0.05, 0) is 25.0 Å². The fourth-order valence-corrected chi connectivity index (χ4v) is 3.27.